The zero-order valence-electron chi connectivity index (χ0n) is 17.6. The first-order valence-corrected chi connectivity index (χ1v) is 8.68. The van der Waals surface area contributed by atoms with Crippen molar-refractivity contribution in [2.45, 2.75) is 24.4 Å². The molecule has 0 amide bonds. The fraction of sp³-hybridized carbons (Fsp3) is 0.294. The Balaban J connectivity index is 0.00000300. The number of hydrogen-bond acceptors (Lipinski definition) is 6. The summed E-state index contributed by atoms with van der Waals surface area (Å²) in [4.78, 5) is 12.7. The van der Waals surface area contributed by atoms with E-state index >= 15 is 0 Å². The molecule has 2 aromatic heterocycles. The summed E-state index contributed by atoms with van der Waals surface area (Å²) in [6, 6.07) is 4.48. The molecule has 7 nitrogen and oxygen atoms in total. The molecule has 3 rings (SSSR count). The molecule has 0 spiro atoms. The predicted molar refractivity (Wildman–Crippen MR) is 93.2 cm³/mol. The van der Waals surface area contributed by atoms with E-state index in [0.717, 1.165) is 0 Å². The van der Waals surface area contributed by atoms with Crippen LogP contribution in [0.2, 0.25) is 0 Å². The second-order valence-corrected chi connectivity index (χ2v) is 6.64. The quantitative estimate of drug-likeness (QED) is 0.527. The van der Waals surface area contributed by atoms with E-state index in [-0.39, 0.29) is 52.8 Å². The maximum atomic E-state index is 12.7. The van der Waals surface area contributed by atoms with E-state index in [1.165, 1.54) is 25.4 Å². The van der Waals surface area contributed by atoms with E-state index in [0.29, 0.717) is 33.6 Å². The number of aliphatic hydroxyl groups is 1. The number of aromatic nitrogens is 3. The molecule has 0 fully saturated rings. The first-order chi connectivity index (χ1) is 13.2. The van der Waals surface area contributed by atoms with Gasteiger partial charge in [0.25, 0.3) is 0 Å². The molecule has 0 aliphatic rings. The van der Waals surface area contributed by atoms with E-state index in [9.17, 15) is 9.32 Å². The van der Waals surface area contributed by atoms with Crippen LogP contribution in [0.1, 0.15) is 20.9 Å². The van der Waals surface area contributed by atoms with Gasteiger partial charge in [-0.2, -0.15) is 0 Å². The third kappa shape index (κ3) is 4.10. The summed E-state index contributed by atoms with van der Waals surface area (Å²) in [6.45, 7) is 1.57. The van der Waals surface area contributed by atoms with Crippen molar-refractivity contribution in [1.82, 2.24) is 15.0 Å². The molecule has 0 saturated carbocycles. The van der Waals surface area contributed by atoms with Gasteiger partial charge in [-0.3, -0.25) is 9.19 Å². The van der Waals surface area contributed by atoms with E-state index in [2.05, 4.69) is 15.0 Å². The van der Waals surface area contributed by atoms with Crippen molar-refractivity contribution in [3.63, 3.8) is 0 Å². The van der Waals surface area contributed by atoms with Crippen molar-refractivity contribution in [2.24, 2.45) is 0 Å². The molecule has 1 N–H and O–H groups in total. The molecule has 9 heteroatoms. The van der Waals surface area contributed by atoms with Crippen molar-refractivity contribution < 1.29 is 52.5 Å². The number of aliphatic hydroxyl groups excluding tert-OH is 1. The molecule has 26 heavy (non-hydrogen) atoms. The minimum absolute atomic E-state index is 0. The number of ether oxygens (including phenoxy) is 2. The first kappa shape index (κ1) is 16.7. The second-order valence-electron chi connectivity index (χ2n) is 5.30. The van der Waals surface area contributed by atoms with E-state index in [1.807, 2.05) is 0 Å². The van der Waals surface area contributed by atoms with Crippen molar-refractivity contribution in [3.05, 3.63) is 41.2 Å². The van der Waals surface area contributed by atoms with Gasteiger partial charge in [0.15, 0.2) is 0 Å². The predicted octanol–water partition coefficient (Wildman–Crippen LogP) is -1.28. The van der Waals surface area contributed by atoms with Gasteiger partial charge >= 0.3 is 29.6 Å². The maximum Gasteiger partial charge on any atom is 1.00 e. The van der Waals surface area contributed by atoms with Crippen LogP contribution in [0.15, 0.2) is 29.6 Å². The molecular weight excluding hydrogens is 365 g/mol. The molecule has 1 unspecified atom stereocenters. The first-order valence-electron chi connectivity index (χ1n) is 8.86. The number of hydrogen-bond donors (Lipinski definition) is 1. The van der Waals surface area contributed by atoms with Gasteiger partial charge in [0.1, 0.15) is 11.5 Å². The van der Waals surface area contributed by atoms with E-state index in [1.54, 1.807) is 13.0 Å². The summed E-state index contributed by atoms with van der Waals surface area (Å²) in [5.41, 5.74) is 2.66. The van der Waals surface area contributed by atoms with E-state index in [4.69, 9.17) is 13.6 Å². The molecule has 0 bridgehead atoms. The molecule has 132 valence electrons. The summed E-state index contributed by atoms with van der Waals surface area (Å²) in [7, 11) is -2.65. The molecular formula is C17H18N3NaO4S. The topological polar surface area (TPSA) is 95.6 Å². The van der Waals surface area contributed by atoms with Gasteiger partial charge in [0.05, 0.1) is 47.1 Å². The number of benzene rings is 1. The summed E-state index contributed by atoms with van der Waals surface area (Å²) in [5, 5.41) is 9.47. The molecule has 0 saturated heterocycles. The van der Waals surface area contributed by atoms with Crippen molar-refractivity contribution in [3.8, 4) is 11.5 Å². The maximum absolute atomic E-state index is 12.7. The van der Waals surface area contributed by atoms with Crippen LogP contribution in [0.25, 0.3) is 11.0 Å². The van der Waals surface area contributed by atoms with E-state index < -0.39 is 17.8 Å². The number of fused-ring (bicyclic) bond motifs is 1. The van der Waals surface area contributed by atoms with Crippen LogP contribution in [-0.4, -0.2) is 33.4 Å². The van der Waals surface area contributed by atoms with Gasteiger partial charge in [-0.05, 0) is 30.1 Å². The molecule has 1 aromatic carbocycles. The van der Waals surface area contributed by atoms with Gasteiger partial charge in [0, 0.05) is 22.5 Å². The Morgan fingerprint density at radius 2 is 2.19 bits per heavy atom. The zero-order chi connectivity index (χ0) is 20.5. The summed E-state index contributed by atoms with van der Waals surface area (Å²) < 4.78 is 44.3. The molecule has 1 atom stereocenters. The standard InChI is InChI=1S/C17H18N3O4S.Na/c1-10-15(18-7-11(8-21)16(10)24-3)9-25(22)17-19-13-5-4-12(23-2)6-14(13)20-17;/h4-7,21H,8-9H2,1-3H3;/q-1;+1/i2D3;. The summed E-state index contributed by atoms with van der Waals surface area (Å²) in [6.07, 6.45) is 1.49. The molecule has 2 heterocycles. The van der Waals surface area contributed by atoms with Gasteiger partial charge in [-0.1, -0.05) is 6.07 Å². The van der Waals surface area contributed by atoms with Crippen LogP contribution in [0.5, 0.6) is 11.5 Å². The van der Waals surface area contributed by atoms with Crippen LogP contribution < -0.4 is 44.0 Å². The Bertz CT molecular complexity index is 1040. The number of methoxy groups -OCH3 is 2. The number of pyridine rings is 1. The third-order valence-corrected chi connectivity index (χ3v) is 4.91. The van der Waals surface area contributed by atoms with Gasteiger partial charge < -0.3 is 24.5 Å². The molecule has 0 radical (unpaired) electrons. The van der Waals surface area contributed by atoms with Crippen LogP contribution >= 0.6 is 0 Å². The largest absolute Gasteiger partial charge is 1.00 e. The van der Waals surface area contributed by atoms with Crippen molar-refractivity contribution in [1.29, 1.82) is 0 Å². The van der Waals surface area contributed by atoms with Crippen LogP contribution in [0, 0.1) is 6.92 Å². The monoisotopic (exact) mass is 386 g/mol. The SMILES string of the molecule is [2H]C([2H])([2H])Oc1ccc2[n-]c(S(=O)Cc3ncc(CO)c(OC)c3C)nc2c1.[Na+]. The summed E-state index contributed by atoms with van der Waals surface area (Å²) >= 11 is 0. The second kappa shape index (κ2) is 8.96. The number of rotatable bonds is 6. The summed E-state index contributed by atoms with van der Waals surface area (Å²) in [5.74, 6) is 0.708. The third-order valence-electron chi connectivity index (χ3n) is 3.78. The van der Waals surface area contributed by atoms with Gasteiger partial charge in [0.2, 0.25) is 0 Å². The van der Waals surface area contributed by atoms with Gasteiger partial charge in [-0.15, -0.1) is 0 Å². The number of imidazole rings is 1. The average molecular weight is 386 g/mol. The Kier molecular flexibility index (Phi) is 5.76. The minimum Gasteiger partial charge on any atom is -0.497 e. The zero-order valence-corrected chi connectivity index (χ0v) is 17.5. The Morgan fingerprint density at radius 3 is 2.88 bits per heavy atom. The van der Waals surface area contributed by atoms with Crippen LogP contribution in [-0.2, 0) is 23.2 Å². The molecule has 0 aliphatic carbocycles. The Labute approximate surface area is 180 Å². The van der Waals surface area contributed by atoms with Crippen LogP contribution in [0.4, 0.5) is 0 Å². The molecule has 3 aromatic rings. The van der Waals surface area contributed by atoms with Crippen molar-refractivity contribution >= 4 is 21.8 Å². The fourth-order valence-corrected chi connectivity index (χ4v) is 3.57. The van der Waals surface area contributed by atoms with Gasteiger partial charge in [-0.25, -0.2) is 0 Å². The smallest absolute Gasteiger partial charge is 0.497 e. The van der Waals surface area contributed by atoms with Crippen molar-refractivity contribution in [2.75, 3.05) is 14.1 Å². The Morgan fingerprint density at radius 1 is 1.38 bits per heavy atom. The van der Waals surface area contributed by atoms with Crippen LogP contribution in [0.3, 0.4) is 0 Å². The normalized spacial score (nSPS) is 14.0. The number of nitrogens with zero attached hydrogens (tertiary/aromatic N) is 3. The average Bonchev–Trinajstić information content (AvgIpc) is 3.05. The molecule has 0 aliphatic heterocycles. The minimum atomic E-state index is -2.57. The fourth-order valence-electron chi connectivity index (χ4n) is 2.50. The Hall–Kier alpha value is -1.45.